The van der Waals surface area contributed by atoms with Crippen molar-refractivity contribution in [3.63, 3.8) is 0 Å². The molecule has 0 saturated carbocycles. The van der Waals surface area contributed by atoms with E-state index in [2.05, 4.69) is 50.9 Å². The van der Waals surface area contributed by atoms with Crippen molar-refractivity contribution in [1.82, 2.24) is 14.4 Å². The van der Waals surface area contributed by atoms with E-state index in [1.54, 1.807) is 0 Å². The van der Waals surface area contributed by atoms with Crippen molar-refractivity contribution in [3.05, 3.63) is 106 Å². The number of rotatable bonds is 6. The van der Waals surface area contributed by atoms with Crippen LogP contribution in [0, 0.1) is 0 Å². The number of benzene rings is 3. The van der Waals surface area contributed by atoms with Crippen LogP contribution in [0.3, 0.4) is 0 Å². The van der Waals surface area contributed by atoms with E-state index in [0.717, 1.165) is 71.7 Å². The number of nitrogens with zero attached hydrogens (tertiary/aromatic N) is 4. The molecule has 0 unspecified atom stereocenters. The molecule has 2 aliphatic rings. The zero-order chi connectivity index (χ0) is 26.1. The van der Waals surface area contributed by atoms with Crippen LogP contribution in [0.25, 0.3) is 17.0 Å². The van der Waals surface area contributed by atoms with Crippen molar-refractivity contribution in [1.29, 1.82) is 0 Å². The molecule has 0 atom stereocenters. The lowest BCUT2D eigenvalue weighted by Gasteiger charge is -2.37. The van der Waals surface area contributed by atoms with Gasteiger partial charge in [-0.05, 0) is 47.7 Å². The van der Waals surface area contributed by atoms with Crippen LogP contribution in [0.5, 0.6) is 0 Å². The van der Waals surface area contributed by atoms with Gasteiger partial charge in [0.2, 0.25) is 0 Å². The Morgan fingerprint density at radius 3 is 2.42 bits per heavy atom. The number of para-hydroxylation sites is 1. The number of piperazine rings is 1. The summed E-state index contributed by atoms with van der Waals surface area (Å²) in [5, 5.41) is 1.57. The smallest absolute Gasteiger partial charge is 0.294 e. The quantitative estimate of drug-likeness (QED) is 0.273. The Labute approximate surface area is 231 Å². The van der Waals surface area contributed by atoms with Crippen LogP contribution in [0.15, 0.2) is 90.0 Å². The molecule has 2 amide bonds. The van der Waals surface area contributed by atoms with Crippen LogP contribution in [-0.2, 0) is 11.3 Å². The molecule has 8 heteroatoms. The normalized spacial score (nSPS) is 17.8. The molecule has 2 fully saturated rings. The molecule has 1 aromatic heterocycles. The number of anilines is 1. The molecule has 2 saturated heterocycles. The highest BCUT2D eigenvalue weighted by Gasteiger charge is 2.36. The fourth-order valence-electron chi connectivity index (χ4n) is 5.08. The average molecular weight is 543 g/mol. The molecule has 192 valence electrons. The van der Waals surface area contributed by atoms with Crippen molar-refractivity contribution in [2.75, 3.05) is 37.7 Å². The zero-order valence-electron chi connectivity index (χ0n) is 20.8. The van der Waals surface area contributed by atoms with Gasteiger partial charge in [0.15, 0.2) is 0 Å². The minimum atomic E-state index is -0.225. The van der Waals surface area contributed by atoms with Crippen molar-refractivity contribution >= 4 is 57.2 Å². The Kier molecular flexibility index (Phi) is 6.98. The predicted molar refractivity (Wildman–Crippen MR) is 155 cm³/mol. The van der Waals surface area contributed by atoms with E-state index in [0.29, 0.717) is 11.6 Å². The molecule has 3 aromatic carbocycles. The molecular formula is C30H27ClN4O2S. The third-order valence-electron chi connectivity index (χ3n) is 7.06. The molecule has 0 bridgehead atoms. The highest BCUT2D eigenvalue weighted by Crippen LogP contribution is 2.34. The molecular weight excluding hydrogens is 516 g/mol. The molecule has 3 heterocycles. The molecule has 0 aliphatic carbocycles. The predicted octanol–water partition coefficient (Wildman–Crippen LogP) is 6.16. The number of hydrogen-bond acceptors (Lipinski definition) is 5. The molecule has 38 heavy (non-hydrogen) atoms. The molecule has 0 radical (unpaired) electrons. The summed E-state index contributed by atoms with van der Waals surface area (Å²) in [4.78, 5) is 32.4. The maximum Gasteiger partial charge on any atom is 0.294 e. The second-order valence-electron chi connectivity index (χ2n) is 9.55. The first kappa shape index (κ1) is 24.8. The fourth-order valence-corrected chi connectivity index (χ4v) is 6.09. The maximum absolute atomic E-state index is 13.3. The van der Waals surface area contributed by atoms with E-state index in [-0.39, 0.29) is 11.1 Å². The van der Waals surface area contributed by atoms with E-state index in [9.17, 15) is 9.59 Å². The van der Waals surface area contributed by atoms with E-state index in [1.807, 2.05) is 54.6 Å². The first-order valence-corrected chi connectivity index (χ1v) is 13.8. The number of imide groups is 1. The Balaban J connectivity index is 1.16. The average Bonchev–Trinajstić information content (AvgIpc) is 3.41. The summed E-state index contributed by atoms with van der Waals surface area (Å²) >= 11 is 7.18. The van der Waals surface area contributed by atoms with Crippen molar-refractivity contribution in [3.8, 4) is 0 Å². The lowest BCUT2D eigenvalue weighted by atomic mass is 10.1. The molecule has 6 nitrogen and oxygen atoms in total. The number of aromatic nitrogens is 1. The zero-order valence-corrected chi connectivity index (χ0v) is 22.4. The molecule has 0 spiro atoms. The SMILES string of the molecule is O=C1S/C(=C/c2cn(Cc3ccccc3)c3ccccc23)C(=O)N1CN1CCN(c2cccc(Cl)c2)CC1. The number of halogens is 1. The van der Waals surface area contributed by atoms with Gasteiger partial charge in [-0.1, -0.05) is 66.2 Å². The third-order valence-corrected chi connectivity index (χ3v) is 8.20. The fraction of sp³-hybridized carbons (Fsp3) is 0.200. The minimum Gasteiger partial charge on any atom is -0.369 e. The van der Waals surface area contributed by atoms with Gasteiger partial charge in [-0.15, -0.1) is 0 Å². The second kappa shape index (κ2) is 10.7. The van der Waals surface area contributed by atoms with Crippen molar-refractivity contribution < 1.29 is 9.59 Å². The minimum absolute atomic E-state index is 0.216. The van der Waals surface area contributed by atoms with Crippen molar-refractivity contribution in [2.24, 2.45) is 0 Å². The summed E-state index contributed by atoms with van der Waals surface area (Å²) in [6.07, 6.45) is 3.94. The van der Waals surface area contributed by atoms with Crippen LogP contribution in [0.2, 0.25) is 5.02 Å². The van der Waals surface area contributed by atoms with Crippen LogP contribution in [0.1, 0.15) is 11.1 Å². The first-order valence-electron chi connectivity index (χ1n) is 12.7. The van der Waals surface area contributed by atoms with Crippen LogP contribution < -0.4 is 4.90 Å². The van der Waals surface area contributed by atoms with Gasteiger partial charge in [0.1, 0.15) is 0 Å². The summed E-state index contributed by atoms with van der Waals surface area (Å²) in [6, 6.07) is 26.3. The summed E-state index contributed by atoms with van der Waals surface area (Å²) in [5.41, 5.74) is 4.34. The number of hydrogen-bond donors (Lipinski definition) is 0. The topological polar surface area (TPSA) is 48.8 Å². The molecule has 0 N–H and O–H groups in total. The van der Waals surface area contributed by atoms with Gasteiger partial charge in [0.25, 0.3) is 11.1 Å². The van der Waals surface area contributed by atoms with Gasteiger partial charge in [-0.25, -0.2) is 0 Å². The largest absolute Gasteiger partial charge is 0.369 e. The lowest BCUT2D eigenvalue weighted by Crippen LogP contribution is -2.50. The van der Waals surface area contributed by atoms with Gasteiger partial charge in [0.05, 0.1) is 11.6 Å². The number of fused-ring (bicyclic) bond motifs is 1. The first-order chi connectivity index (χ1) is 18.5. The van der Waals surface area contributed by atoms with Gasteiger partial charge in [-0.2, -0.15) is 0 Å². The number of thioether (sulfide) groups is 1. The Morgan fingerprint density at radius 1 is 0.868 bits per heavy atom. The van der Waals surface area contributed by atoms with E-state index in [1.165, 1.54) is 10.5 Å². The molecule has 4 aromatic rings. The Morgan fingerprint density at radius 2 is 1.63 bits per heavy atom. The number of carbonyl (C=O) groups excluding carboxylic acids is 2. The third kappa shape index (κ3) is 5.10. The monoisotopic (exact) mass is 542 g/mol. The molecule has 2 aliphatic heterocycles. The van der Waals surface area contributed by atoms with Gasteiger partial charge >= 0.3 is 0 Å². The standard InChI is InChI=1S/C30H27ClN4O2S/c31-24-9-6-10-25(18-24)33-15-13-32(14-16-33)21-35-29(36)28(38-30(35)37)17-23-20-34(19-22-7-2-1-3-8-22)27-12-5-4-11-26(23)27/h1-12,17-18,20H,13-16,19,21H2/b28-17+. The number of amides is 2. The molecule has 6 rings (SSSR count). The summed E-state index contributed by atoms with van der Waals surface area (Å²) in [5.74, 6) is -0.225. The van der Waals surface area contributed by atoms with Gasteiger partial charge in [0, 0.05) is 66.1 Å². The van der Waals surface area contributed by atoms with E-state index in [4.69, 9.17) is 11.6 Å². The van der Waals surface area contributed by atoms with Crippen molar-refractivity contribution in [2.45, 2.75) is 6.54 Å². The van der Waals surface area contributed by atoms with Crippen LogP contribution in [-0.4, -0.2) is 58.4 Å². The van der Waals surface area contributed by atoms with Gasteiger partial charge in [-0.3, -0.25) is 19.4 Å². The number of carbonyl (C=O) groups is 2. The Bertz CT molecular complexity index is 1530. The van der Waals surface area contributed by atoms with E-state index >= 15 is 0 Å². The van der Waals surface area contributed by atoms with E-state index < -0.39 is 0 Å². The van der Waals surface area contributed by atoms with Gasteiger partial charge < -0.3 is 9.47 Å². The maximum atomic E-state index is 13.3. The second-order valence-corrected chi connectivity index (χ2v) is 11.0. The Hall–Kier alpha value is -3.52. The lowest BCUT2D eigenvalue weighted by molar-refractivity contribution is -0.124. The highest BCUT2D eigenvalue weighted by atomic mass is 35.5. The summed E-state index contributed by atoms with van der Waals surface area (Å²) in [7, 11) is 0. The van der Waals surface area contributed by atoms with Crippen LogP contribution >= 0.6 is 23.4 Å². The highest BCUT2D eigenvalue weighted by molar-refractivity contribution is 8.18. The summed E-state index contributed by atoms with van der Waals surface area (Å²) < 4.78 is 2.19. The summed E-state index contributed by atoms with van der Waals surface area (Å²) in [6.45, 7) is 4.19. The van der Waals surface area contributed by atoms with Crippen LogP contribution in [0.4, 0.5) is 10.5 Å².